The molecule has 0 radical (unpaired) electrons. The van der Waals surface area contributed by atoms with Crippen LogP contribution in [-0.4, -0.2) is 71.0 Å². The third kappa shape index (κ3) is 4.54. The van der Waals surface area contributed by atoms with Gasteiger partial charge in [-0.15, -0.1) is 0 Å². The number of phenolic OH excluding ortho intramolecular Hbond substituents is 1. The maximum atomic E-state index is 14.0. The first-order valence-electron chi connectivity index (χ1n) is 12.5. The van der Waals surface area contributed by atoms with Gasteiger partial charge in [-0.25, -0.2) is 4.90 Å². The molecule has 6 rings (SSSR count). The molecule has 3 aliphatic heterocycles. The van der Waals surface area contributed by atoms with Gasteiger partial charge in [-0.05, 0) is 42.0 Å². The highest BCUT2D eigenvalue weighted by Crippen LogP contribution is 2.54. The zero-order chi connectivity index (χ0) is 28.1. The van der Waals surface area contributed by atoms with Crippen molar-refractivity contribution in [3.8, 4) is 11.5 Å². The van der Waals surface area contributed by atoms with E-state index in [-0.39, 0.29) is 40.6 Å². The number of thiazole rings is 1. The summed E-state index contributed by atoms with van der Waals surface area (Å²) in [5.74, 6) is -2.28. The van der Waals surface area contributed by atoms with Crippen molar-refractivity contribution < 1.29 is 29.0 Å². The summed E-state index contributed by atoms with van der Waals surface area (Å²) in [5.41, 5.74) is 1.08. The Labute approximate surface area is 245 Å². The lowest BCUT2D eigenvalue weighted by Crippen LogP contribution is -2.43. The molecule has 40 heavy (non-hydrogen) atoms. The van der Waals surface area contributed by atoms with E-state index in [4.69, 9.17) is 9.47 Å². The summed E-state index contributed by atoms with van der Waals surface area (Å²) in [5, 5.41) is 9.92. The van der Waals surface area contributed by atoms with Gasteiger partial charge in [0.25, 0.3) is 0 Å². The molecule has 3 amide bonds. The minimum absolute atomic E-state index is 0.0691. The first-order chi connectivity index (χ1) is 19.3. The Morgan fingerprint density at radius 3 is 2.52 bits per heavy atom. The van der Waals surface area contributed by atoms with Gasteiger partial charge in [0, 0.05) is 28.4 Å². The number of anilines is 1. The number of phenols is 1. The molecule has 2 fully saturated rings. The lowest BCUT2D eigenvalue weighted by atomic mass is 9.83. The molecular weight excluding hydrogens is 622 g/mol. The summed E-state index contributed by atoms with van der Waals surface area (Å²) in [6, 6.07) is 11.7. The highest BCUT2D eigenvalue weighted by molar-refractivity contribution is 9.10. The van der Waals surface area contributed by atoms with Crippen LogP contribution < -0.4 is 14.5 Å². The number of carbonyl (C=O) groups excluding carboxylic acids is 3. The van der Waals surface area contributed by atoms with Gasteiger partial charge in [0.15, 0.2) is 11.5 Å². The van der Waals surface area contributed by atoms with Gasteiger partial charge in [0.2, 0.25) is 17.7 Å². The Hall–Kier alpha value is -3.13. The van der Waals surface area contributed by atoms with Gasteiger partial charge >= 0.3 is 4.87 Å². The number of aromatic hydroxyl groups is 1. The number of amides is 3. The van der Waals surface area contributed by atoms with Crippen molar-refractivity contribution in [2.24, 2.45) is 5.92 Å². The number of imide groups is 1. The van der Waals surface area contributed by atoms with Crippen LogP contribution in [0.3, 0.4) is 0 Å². The van der Waals surface area contributed by atoms with E-state index in [1.165, 1.54) is 22.6 Å². The fourth-order valence-corrected chi connectivity index (χ4v) is 8.43. The minimum Gasteiger partial charge on any atom is -0.504 e. The molecule has 2 aromatic carbocycles. The van der Waals surface area contributed by atoms with E-state index < -0.39 is 17.1 Å². The zero-order valence-electron chi connectivity index (χ0n) is 21.2. The quantitative estimate of drug-likeness (QED) is 0.421. The van der Waals surface area contributed by atoms with E-state index in [1.54, 1.807) is 41.3 Å². The van der Waals surface area contributed by atoms with Crippen molar-refractivity contribution in [3.05, 3.63) is 67.0 Å². The second-order valence-corrected chi connectivity index (χ2v) is 12.6. The van der Waals surface area contributed by atoms with Crippen LogP contribution in [0.15, 0.2) is 56.8 Å². The molecular formula is C27H24BrN3O7S2. The second kappa shape index (κ2) is 10.7. The predicted molar refractivity (Wildman–Crippen MR) is 152 cm³/mol. The molecule has 3 aliphatic rings. The van der Waals surface area contributed by atoms with Crippen LogP contribution in [-0.2, 0) is 25.7 Å². The maximum Gasteiger partial charge on any atom is 0.308 e. The number of aromatic nitrogens is 1. The molecule has 0 spiro atoms. The molecule has 208 valence electrons. The third-order valence-corrected chi connectivity index (χ3v) is 10.5. The van der Waals surface area contributed by atoms with Gasteiger partial charge in [0.1, 0.15) is 11.8 Å². The normalized spacial score (nSPS) is 22.3. The summed E-state index contributed by atoms with van der Waals surface area (Å²) in [6.45, 7) is 1.60. The topological polar surface area (TPSA) is 118 Å². The van der Waals surface area contributed by atoms with Crippen LogP contribution in [0.4, 0.5) is 5.69 Å². The molecule has 10 nitrogen and oxygen atoms in total. The zero-order valence-corrected chi connectivity index (χ0v) is 24.5. The number of ether oxygens (including phenoxy) is 2. The number of methoxy groups -OCH3 is 1. The third-order valence-electron chi connectivity index (χ3n) is 7.35. The SMILES string of the molecule is COc1cc(C2c3sc(=O)n(CC(=O)N4CCOCC4)c3SC3C(=O)N(c4ccc(Br)cc4)C(=O)C32)ccc1O. The minimum atomic E-state index is -0.813. The number of thioether (sulfide) groups is 1. The first kappa shape index (κ1) is 27.1. The molecule has 3 unspecified atom stereocenters. The largest absolute Gasteiger partial charge is 0.504 e. The Morgan fingerprint density at radius 2 is 1.82 bits per heavy atom. The molecule has 0 bridgehead atoms. The molecule has 4 heterocycles. The second-order valence-electron chi connectivity index (χ2n) is 9.58. The molecule has 0 aliphatic carbocycles. The van der Waals surface area contributed by atoms with Crippen LogP contribution in [0.2, 0.25) is 0 Å². The van der Waals surface area contributed by atoms with Crippen molar-refractivity contribution in [1.29, 1.82) is 0 Å². The van der Waals surface area contributed by atoms with E-state index >= 15 is 0 Å². The first-order valence-corrected chi connectivity index (χ1v) is 15.0. The maximum absolute atomic E-state index is 14.0. The van der Waals surface area contributed by atoms with Crippen molar-refractivity contribution in [1.82, 2.24) is 9.47 Å². The van der Waals surface area contributed by atoms with Crippen molar-refractivity contribution in [3.63, 3.8) is 0 Å². The van der Waals surface area contributed by atoms with Crippen LogP contribution in [0.1, 0.15) is 16.4 Å². The Bertz CT molecular complexity index is 1560. The Kier molecular flexibility index (Phi) is 7.23. The van der Waals surface area contributed by atoms with E-state index in [0.717, 1.165) is 27.6 Å². The average molecular weight is 647 g/mol. The predicted octanol–water partition coefficient (Wildman–Crippen LogP) is 3.04. The van der Waals surface area contributed by atoms with Crippen molar-refractivity contribution in [2.75, 3.05) is 38.3 Å². The molecule has 3 aromatic rings. The van der Waals surface area contributed by atoms with Crippen molar-refractivity contribution in [2.45, 2.75) is 22.7 Å². The number of carbonyl (C=O) groups is 3. The number of nitrogens with zero attached hydrogens (tertiary/aromatic N) is 3. The van der Waals surface area contributed by atoms with Gasteiger partial charge in [-0.1, -0.05) is 45.1 Å². The van der Waals surface area contributed by atoms with E-state index in [1.807, 2.05) is 0 Å². The number of hydrogen-bond acceptors (Lipinski definition) is 9. The van der Waals surface area contributed by atoms with E-state index in [9.17, 15) is 24.3 Å². The lowest BCUT2D eigenvalue weighted by molar-refractivity contribution is -0.136. The van der Waals surface area contributed by atoms with Crippen LogP contribution in [0.5, 0.6) is 11.5 Å². The summed E-state index contributed by atoms with van der Waals surface area (Å²) < 4.78 is 12.9. The van der Waals surface area contributed by atoms with Crippen LogP contribution >= 0.6 is 39.0 Å². The number of hydrogen-bond donors (Lipinski definition) is 1. The molecule has 1 aromatic heterocycles. The Morgan fingerprint density at radius 1 is 1.10 bits per heavy atom. The van der Waals surface area contributed by atoms with Crippen LogP contribution in [0, 0.1) is 5.92 Å². The molecule has 1 N–H and O–H groups in total. The number of halogens is 1. The monoisotopic (exact) mass is 645 g/mol. The standard InChI is InChI=1S/C27H24BrN3O7S2/c1-37-18-12-14(2-7-17(18)32)20-21-22(25(35)31(24(21)34)16-5-3-15(28)4-6-16)39-26-23(20)40-27(36)30(26)13-19(33)29-8-10-38-11-9-29/h2-7,12,20-22,32H,8-11,13H2,1H3. The highest BCUT2D eigenvalue weighted by Gasteiger charge is 2.57. The number of morpholine rings is 1. The summed E-state index contributed by atoms with van der Waals surface area (Å²) in [7, 11) is 1.43. The fraction of sp³-hybridized carbons (Fsp3) is 0.333. The summed E-state index contributed by atoms with van der Waals surface area (Å²) >= 11 is 5.53. The van der Waals surface area contributed by atoms with Gasteiger partial charge in [-0.3, -0.25) is 23.7 Å². The molecule has 0 saturated carbocycles. The summed E-state index contributed by atoms with van der Waals surface area (Å²) in [4.78, 5) is 57.4. The molecule has 2 saturated heterocycles. The smallest absolute Gasteiger partial charge is 0.308 e. The van der Waals surface area contributed by atoms with Gasteiger partial charge < -0.3 is 19.5 Å². The van der Waals surface area contributed by atoms with E-state index in [0.29, 0.717) is 47.5 Å². The molecule has 3 atom stereocenters. The van der Waals surface area contributed by atoms with Crippen molar-refractivity contribution >= 4 is 62.4 Å². The van der Waals surface area contributed by atoms with Gasteiger partial charge in [0.05, 0.1) is 37.0 Å². The Balaban J connectivity index is 1.46. The average Bonchev–Trinajstić information content (AvgIpc) is 3.40. The number of rotatable bonds is 5. The lowest BCUT2D eigenvalue weighted by Gasteiger charge is -2.31. The van der Waals surface area contributed by atoms with Gasteiger partial charge in [-0.2, -0.15) is 0 Å². The fourth-order valence-electron chi connectivity index (χ4n) is 5.39. The highest BCUT2D eigenvalue weighted by atomic mass is 79.9. The number of fused-ring (bicyclic) bond motifs is 2. The summed E-state index contributed by atoms with van der Waals surface area (Å²) in [6.07, 6.45) is 0. The van der Waals surface area contributed by atoms with Crippen LogP contribution in [0.25, 0.3) is 0 Å². The number of benzene rings is 2. The molecule has 13 heteroatoms. The van der Waals surface area contributed by atoms with E-state index in [2.05, 4.69) is 15.9 Å².